The molecule has 1 saturated heterocycles. The van der Waals surface area contributed by atoms with E-state index < -0.39 is 53.7 Å². The minimum atomic E-state index is -1.37. The van der Waals surface area contributed by atoms with Gasteiger partial charge in [0.25, 0.3) is 5.91 Å². The van der Waals surface area contributed by atoms with E-state index in [-0.39, 0.29) is 56.9 Å². The quantitative estimate of drug-likeness (QED) is 0.541. The monoisotopic (exact) mass is 534 g/mol. The zero-order valence-electron chi connectivity index (χ0n) is 21.2. The number of rotatable bonds is 4. The molecule has 38 heavy (non-hydrogen) atoms. The molecular weight excluding hydrogens is 503 g/mol. The number of nitrogens with zero attached hydrogens (tertiary/aromatic N) is 3. The average Bonchev–Trinajstić information content (AvgIpc) is 3.27. The molecule has 13 heteroatoms. The molecule has 2 aliphatic heterocycles. The number of carboxylic acids is 1. The van der Waals surface area contributed by atoms with E-state index in [1.54, 1.807) is 0 Å². The molecule has 3 rings (SSSR count). The minimum Gasteiger partial charge on any atom is -0.491 e. The van der Waals surface area contributed by atoms with Crippen LogP contribution in [0, 0.1) is 5.82 Å². The van der Waals surface area contributed by atoms with Crippen LogP contribution in [0.1, 0.15) is 29.6 Å². The zero-order valence-corrected chi connectivity index (χ0v) is 21.2. The normalized spacial score (nSPS) is 23.0. The summed E-state index contributed by atoms with van der Waals surface area (Å²) in [6.07, 6.45) is 0.567. The van der Waals surface area contributed by atoms with Gasteiger partial charge in [0.1, 0.15) is 30.8 Å². The molecule has 2 aliphatic rings. The van der Waals surface area contributed by atoms with Crippen molar-refractivity contribution < 1.29 is 42.9 Å². The van der Waals surface area contributed by atoms with Crippen LogP contribution in [0.25, 0.3) is 0 Å². The molecule has 0 saturated carbocycles. The van der Waals surface area contributed by atoms with Crippen molar-refractivity contribution in [1.29, 1.82) is 0 Å². The van der Waals surface area contributed by atoms with Crippen molar-refractivity contribution in [2.45, 2.75) is 37.4 Å². The van der Waals surface area contributed by atoms with Gasteiger partial charge in [0, 0.05) is 27.1 Å². The Labute approximate surface area is 218 Å². The minimum absolute atomic E-state index is 0.00431. The third-order valence-corrected chi connectivity index (χ3v) is 6.50. The van der Waals surface area contributed by atoms with Crippen LogP contribution in [-0.2, 0) is 19.1 Å². The van der Waals surface area contributed by atoms with Gasteiger partial charge >= 0.3 is 12.1 Å². The van der Waals surface area contributed by atoms with Gasteiger partial charge in [-0.15, -0.1) is 0 Å². The summed E-state index contributed by atoms with van der Waals surface area (Å²) in [6, 6.07) is 0.903. The summed E-state index contributed by atoms with van der Waals surface area (Å²) in [6.45, 7) is 3.22. The molecule has 206 valence electrons. The van der Waals surface area contributed by atoms with Crippen LogP contribution in [0.15, 0.2) is 30.9 Å². The van der Waals surface area contributed by atoms with Crippen LogP contribution in [-0.4, -0.2) is 108 Å². The number of nitrogens with one attached hydrogen (secondary N) is 1. The summed E-state index contributed by atoms with van der Waals surface area (Å²) < 4.78 is 24.9. The summed E-state index contributed by atoms with van der Waals surface area (Å²) in [4.78, 5) is 66.6. The number of carboxylic acid groups (broad SMARTS) is 1. The van der Waals surface area contributed by atoms with E-state index in [0.717, 1.165) is 17.0 Å². The molecule has 0 unspecified atom stereocenters. The summed E-state index contributed by atoms with van der Waals surface area (Å²) in [5.74, 6) is -3.75. The SMILES string of the molecule is C=CCOC(=O)N[C@H]1C[C@H]2COc3ccc(F)cc3C(=O)N(C)[C@H](C(=O)O)CCC(=O)N(C)CC(=O)N2C1. The first-order valence-electron chi connectivity index (χ1n) is 12.0. The van der Waals surface area contributed by atoms with Crippen LogP contribution in [0.4, 0.5) is 9.18 Å². The van der Waals surface area contributed by atoms with Crippen LogP contribution in [0.2, 0.25) is 0 Å². The van der Waals surface area contributed by atoms with E-state index in [1.165, 1.54) is 36.0 Å². The highest BCUT2D eigenvalue weighted by atomic mass is 19.1. The fourth-order valence-corrected chi connectivity index (χ4v) is 4.46. The van der Waals surface area contributed by atoms with E-state index in [0.29, 0.717) is 0 Å². The van der Waals surface area contributed by atoms with Gasteiger partial charge in [-0.05, 0) is 31.0 Å². The number of benzene rings is 1. The first kappa shape index (κ1) is 28.4. The molecule has 0 aliphatic carbocycles. The van der Waals surface area contributed by atoms with E-state index in [2.05, 4.69) is 11.9 Å². The Bertz CT molecular complexity index is 1110. The Morgan fingerprint density at radius 3 is 2.68 bits per heavy atom. The van der Waals surface area contributed by atoms with Crippen LogP contribution in [0.3, 0.4) is 0 Å². The first-order chi connectivity index (χ1) is 18.0. The van der Waals surface area contributed by atoms with Crippen molar-refractivity contribution in [1.82, 2.24) is 20.0 Å². The molecule has 2 N–H and O–H groups in total. The van der Waals surface area contributed by atoms with Crippen molar-refractivity contribution in [2.24, 2.45) is 0 Å². The van der Waals surface area contributed by atoms with Gasteiger partial charge in [-0.2, -0.15) is 0 Å². The lowest BCUT2D eigenvalue weighted by molar-refractivity contribution is -0.143. The molecule has 3 atom stereocenters. The number of amides is 4. The third-order valence-electron chi connectivity index (χ3n) is 6.50. The predicted molar refractivity (Wildman–Crippen MR) is 131 cm³/mol. The second-order valence-corrected chi connectivity index (χ2v) is 9.17. The third kappa shape index (κ3) is 6.78. The number of carbonyl (C=O) groups excluding carboxylic acids is 4. The highest BCUT2D eigenvalue weighted by molar-refractivity contribution is 5.99. The lowest BCUT2D eigenvalue weighted by atomic mass is 10.1. The predicted octanol–water partition coefficient (Wildman–Crippen LogP) is 0.864. The summed E-state index contributed by atoms with van der Waals surface area (Å²) in [5, 5.41) is 12.4. The number of hydrogen-bond donors (Lipinski definition) is 2. The Hall–Kier alpha value is -4.16. The Kier molecular flexibility index (Phi) is 9.26. The number of aliphatic carboxylic acids is 1. The number of hydrogen-bond acceptors (Lipinski definition) is 7. The number of likely N-dealkylation sites (N-methyl/N-ethyl adjacent to an activating group) is 2. The smallest absolute Gasteiger partial charge is 0.407 e. The summed E-state index contributed by atoms with van der Waals surface area (Å²) >= 11 is 0. The zero-order chi connectivity index (χ0) is 28.0. The molecule has 4 amide bonds. The maximum absolute atomic E-state index is 14.1. The average molecular weight is 535 g/mol. The topological polar surface area (TPSA) is 146 Å². The maximum Gasteiger partial charge on any atom is 0.407 e. The molecule has 1 aromatic rings. The van der Waals surface area contributed by atoms with Crippen molar-refractivity contribution in [3.05, 3.63) is 42.2 Å². The second kappa shape index (κ2) is 12.4. The number of fused-ring (bicyclic) bond motifs is 2. The van der Waals surface area contributed by atoms with E-state index in [1.807, 2.05) is 0 Å². The largest absolute Gasteiger partial charge is 0.491 e. The lowest BCUT2D eigenvalue weighted by Crippen LogP contribution is -2.46. The van der Waals surface area contributed by atoms with Crippen molar-refractivity contribution >= 4 is 29.8 Å². The first-order valence-corrected chi connectivity index (χ1v) is 12.0. The maximum atomic E-state index is 14.1. The van der Waals surface area contributed by atoms with E-state index in [4.69, 9.17) is 9.47 Å². The second-order valence-electron chi connectivity index (χ2n) is 9.17. The van der Waals surface area contributed by atoms with Crippen LogP contribution < -0.4 is 10.1 Å². The highest BCUT2D eigenvalue weighted by Crippen LogP contribution is 2.26. The Balaban J connectivity index is 1.92. The molecule has 1 aromatic carbocycles. The Morgan fingerprint density at radius 1 is 1.26 bits per heavy atom. The van der Waals surface area contributed by atoms with Gasteiger partial charge in [0.2, 0.25) is 11.8 Å². The van der Waals surface area contributed by atoms with Gasteiger partial charge in [-0.3, -0.25) is 14.4 Å². The molecule has 1 fully saturated rings. The number of halogens is 1. The van der Waals surface area contributed by atoms with E-state index >= 15 is 0 Å². The summed E-state index contributed by atoms with van der Waals surface area (Å²) in [5.41, 5.74) is -0.199. The molecule has 0 bridgehead atoms. The lowest BCUT2D eigenvalue weighted by Gasteiger charge is -2.27. The number of alkyl carbamates (subject to hydrolysis) is 1. The standard InChI is InChI=1S/C25H31FN4O8/c1-4-9-37-25(36)27-16-11-17-14-38-20-7-5-15(26)10-18(20)23(33)29(3)19(24(34)35)6-8-21(31)28(2)13-22(32)30(17)12-16/h4-5,7,10,16-17,19H,1,6,8-9,11-14H2,2-3H3,(H,27,36)(H,34,35)/t16-,17-,19-/m0/s1. The van der Waals surface area contributed by atoms with Crippen molar-refractivity contribution in [3.8, 4) is 5.75 Å². The molecule has 12 nitrogen and oxygen atoms in total. The van der Waals surface area contributed by atoms with E-state index in [9.17, 15) is 33.5 Å². The molecule has 0 spiro atoms. The van der Waals surface area contributed by atoms with Crippen LogP contribution in [0.5, 0.6) is 5.75 Å². The number of carbonyl (C=O) groups is 5. The van der Waals surface area contributed by atoms with Crippen molar-refractivity contribution in [3.63, 3.8) is 0 Å². The Morgan fingerprint density at radius 2 is 2.00 bits per heavy atom. The van der Waals surface area contributed by atoms with Gasteiger partial charge in [0.05, 0.1) is 24.2 Å². The van der Waals surface area contributed by atoms with Gasteiger partial charge in [-0.1, -0.05) is 12.7 Å². The fourth-order valence-electron chi connectivity index (χ4n) is 4.46. The highest BCUT2D eigenvalue weighted by Gasteiger charge is 2.38. The molecule has 0 aromatic heterocycles. The van der Waals surface area contributed by atoms with Gasteiger partial charge in [0.15, 0.2) is 0 Å². The van der Waals surface area contributed by atoms with Gasteiger partial charge < -0.3 is 34.6 Å². The fraction of sp³-hybridized carbons (Fsp3) is 0.480. The molecule has 0 radical (unpaired) electrons. The molecule has 2 heterocycles. The summed E-state index contributed by atoms with van der Waals surface area (Å²) in [7, 11) is 2.68. The molecular formula is C25H31FN4O8. The number of ether oxygens (including phenoxy) is 2. The van der Waals surface area contributed by atoms with Crippen molar-refractivity contribution in [2.75, 3.05) is 40.4 Å². The van der Waals surface area contributed by atoms with Gasteiger partial charge in [-0.25, -0.2) is 14.0 Å². The van der Waals surface area contributed by atoms with Crippen LogP contribution >= 0.6 is 0 Å².